The van der Waals surface area contributed by atoms with E-state index in [0.29, 0.717) is 0 Å². The van der Waals surface area contributed by atoms with Crippen molar-refractivity contribution < 1.29 is 0 Å². The van der Waals surface area contributed by atoms with E-state index in [1.165, 1.54) is 0 Å². The summed E-state index contributed by atoms with van der Waals surface area (Å²) in [4.78, 5) is 0.917. The van der Waals surface area contributed by atoms with Crippen molar-refractivity contribution in [3.8, 4) is 0 Å². The van der Waals surface area contributed by atoms with Gasteiger partial charge in [0.2, 0.25) is 0 Å². The van der Waals surface area contributed by atoms with Crippen LogP contribution in [0.3, 0.4) is 0 Å². The molecule has 48 valence electrons. The predicted octanol–water partition coefficient (Wildman–Crippen LogP) is 0.673. The van der Waals surface area contributed by atoms with Crippen LogP contribution in [0.1, 0.15) is 12.8 Å². The summed E-state index contributed by atoms with van der Waals surface area (Å²) < 4.78 is 0. The lowest BCUT2D eigenvalue weighted by atomic mass is 10.3. The van der Waals surface area contributed by atoms with Gasteiger partial charge in [0.25, 0.3) is 0 Å². The largest absolute Gasteiger partial charge is 0.271 e. The molecule has 0 radical (unpaired) electrons. The molecule has 8 heavy (non-hydrogen) atoms. The molecule has 2 nitrogen and oxygen atoms in total. The number of rotatable bonds is 4. The molecule has 0 unspecified atom stereocenters. The van der Waals surface area contributed by atoms with Crippen molar-refractivity contribution in [2.24, 2.45) is 5.84 Å². The monoisotopic (exact) mass is 132 g/mol. The Bertz CT molecular complexity index is 72.8. The van der Waals surface area contributed by atoms with E-state index in [1.807, 2.05) is 0 Å². The summed E-state index contributed by atoms with van der Waals surface area (Å²) in [5.74, 6) is 5.01. The summed E-state index contributed by atoms with van der Waals surface area (Å²) in [6, 6.07) is 0. The first-order valence-electron chi connectivity index (χ1n) is 2.57. The van der Waals surface area contributed by atoms with Gasteiger partial charge in [0, 0.05) is 6.54 Å². The minimum atomic E-state index is 0.833. The summed E-state index contributed by atoms with van der Waals surface area (Å²) in [6.07, 6.45) is 1.95. The Balaban J connectivity index is 2.82. The molecule has 0 bridgehead atoms. The molecule has 0 fully saturated rings. The number of allylic oxidation sites excluding steroid dienone is 1. The third-order valence-corrected chi connectivity index (χ3v) is 1.01. The number of hydrazine groups is 1. The van der Waals surface area contributed by atoms with Crippen LogP contribution in [0.4, 0.5) is 0 Å². The van der Waals surface area contributed by atoms with Crippen molar-refractivity contribution in [1.82, 2.24) is 5.43 Å². The van der Waals surface area contributed by atoms with Crippen molar-refractivity contribution in [3.63, 3.8) is 0 Å². The van der Waals surface area contributed by atoms with Crippen molar-refractivity contribution >= 4 is 12.6 Å². The standard InChI is InChI=1S/C5H12N2S/c1-5(8)3-2-4-7-6/h7-8H,1-4,6H2. The molecule has 0 aromatic heterocycles. The average molecular weight is 132 g/mol. The van der Waals surface area contributed by atoms with E-state index < -0.39 is 0 Å². The molecule has 0 aromatic rings. The highest BCUT2D eigenvalue weighted by Crippen LogP contribution is 2.03. The van der Waals surface area contributed by atoms with Gasteiger partial charge in [-0.2, -0.15) is 0 Å². The summed E-state index contributed by atoms with van der Waals surface area (Å²) >= 11 is 4.01. The van der Waals surface area contributed by atoms with Crippen LogP contribution in [0.25, 0.3) is 0 Å². The van der Waals surface area contributed by atoms with E-state index in [9.17, 15) is 0 Å². The predicted molar refractivity (Wildman–Crippen MR) is 39.6 cm³/mol. The van der Waals surface area contributed by atoms with Gasteiger partial charge in [-0.15, -0.1) is 12.6 Å². The SMILES string of the molecule is C=C(S)CCCNN. The molecule has 0 saturated heterocycles. The van der Waals surface area contributed by atoms with Crippen LogP contribution in [0.15, 0.2) is 11.5 Å². The second kappa shape index (κ2) is 5.15. The zero-order valence-corrected chi connectivity index (χ0v) is 5.75. The Morgan fingerprint density at radius 2 is 2.38 bits per heavy atom. The van der Waals surface area contributed by atoms with E-state index in [1.54, 1.807) is 0 Å². The maximum atomic E-state index is 5.01. The first-order valence-corrected chi connectivity index (χ1v) is 3.02. The van der Waals surface area contributed by atoms with Gasteiger partial charge in [-0.05, 0) is 17.7 Å². The van der Waals surface area contributed by atoms with Gasteiger partial charge in [-0.25, -0.2) is 0 Å². The Morgan fingerprint density at radius 1 is 1.75 bits per heavy atom. The van der Waals surface area contributed by atoms with Crippen LogP contribution in [-0.2, 0) is 0 Å². The average Bonchev–Trinajstić information content (AvgIpc) is 1.66. The highest BCUT2D eigenvalue weighted by molar-refractivity contribution is 7.84. The summed E-state index contributed by atoms with van der Waals surface area (Å²) in [5.41, 5.74) is 2.55. The number of hydrogen-bond donors (Lipinski definition) is 3. The minimum Gasteiger partial charge on any atom is -0.271 e. The fourth-order valence-corrected chi connectivity index (χ4v) is 0.553. The Labute approximate surface area is 55.5 Å². The van der Waals surface area contributed by atoms with Crippen molar-refractivity contribution in [2.75, 3.05) is 6.54 Å². The van der Waals surface area contributed by atoms with Crippen LogP contribution < -0.4 is 11.3 Å². The lowest BCUT2D eigenvalue weighted by molar-refractivity contribution is 0.685. The number of thiol groups is 1. The first kappa shape index (κ1) is 8.01. The summed E-state index contributed by atoms with van der Waals surface area (Å²) in [5, 5.41) is 0. The minimum absolute atomic E-state index is 0.833. The fourth-order valence-electron chi connectivity index (χ4n) is 0.395. The van der Waals surface area contributed by atoms with Gasteiger partial charge >= 0.3 is 0 Å². The molecular weight excluding hydrogens is 120 g/mol. The van der Waals surface area contributed by atoms with Crippen LogP contribution >= 0.6 is 12.6 Å². The fraction of sp³-hybridized carbons (Fsp3) is 0.600. The van der Waals surface area contributed by atoms with Crippen LogP contribution in [0.2, 0.25) is 0 Å². The van der Waals surface area contributed by atoms with Gasteiger partial charge in [0.1, 0.15) is 0 Å². The highest BCUT2D eigenvalue weighted by atomic mass is 32.1. The number of hydrogen-bond acceptors (Lipinski definition) is 3. The topological polar surface area (TPSA) is 38.0 Å². The van der Waals surface area contributed by atoms with Gasteiger partial charge in [0.15, 0.2) is 0 Å². The molecule has 0 aromatic carbocycles. The summed E-state index contributed by atoms with van der Waals surface area (Å²) in [6.45, 7) is 4.46. The molecule has 0 aliphatic rings. The third kappa shape index (κ3) is 6.01. The third-order valence-electron chi connectivity index (χ3n) is 0.786. The molecular formula is C5H12N2S. The zero-order chi connectivity index (χ0) is 6.41. The molecule has 0 spiro atoms. The van der Waals surface area contributed by atoms with Crippen molar-refractivity contribution in [1.29, 1.82) is 0 Å². The van der Waals surface area contributed by atoms with E-state index in [0.717, 1.165) is 24.3 Å². The molecule has 3 N–H and O–H groups in total. The van der Waals surface area contributed by atoms with Crippen molar-refractivity contribution in [3.05, 3.63) is 11.5 Å². The molecule has 0 atom stereocenters. The van der Waals surface area contributed by atoms with Gasteiger partial charge in [-0.3, -0.25) is 11.3 Å². The van der Waals surface area contributed by atoms with E-state index >= 15 is 0 Å². The van der Waals surface area contributed by atoms with Crippen molar-refractivity contribution in [2.45, 2.75) is 12.8 Å². The molecule has 0 rings (SSSR count). The number of nitrogens with one attached hydrogen (secondary N) is 1. The molecule has 0 heterocycles. The molecule has 3 heteroatoms. The summed E-state index contributed by atoms with van der Waals surface area (Å²) in [7, 11) is 0. The Hall–Kier alpha value is 0.01000. The van der Waals surface area contributed by atoms with Gasteiger partial charge < -0.3 is 0 Å². The van der Waals surface area contributed by atoms with Crippen LogP contribution in [0.5, 0.6) is 0 Å². The Kier molecular flexibility index (Phi) is 5.16. The first-order chi connectivity index (χ1) is 3.77. The zero-order valence-electron chi connectivity index (χ0n) is 4.85. The highest BCUT2D eigenvalue weighted by Gasteiger charge is 1.84. The lowest BCUT2D eigenvalue weighted by Crippen LogP contribution is -2.22. The van der Waals surface area contributed by atoms with Gasteiger partial charge in [0.05, 0.1) is 0 Å². The van der Waals surface area contributed by atoms with Crippen LogP contribution in [-0.4, -0.2) is 6.54 Å². The van der Waals surface area contributed by atoms with Crippen LogP contribution in [0, 0.1) is 0 Å². The maximum Gasteiger partial charge on any atom is 0.0101 e. The number of nitrogens with two attached hydrogens (primary N) is 1. The molecule has 0 amide bonds. The lowest BCUT2D eigenvalue weighted by Gasteiger charge is -1.95. The second-order valence-corrected chi connectivity index (χ2v) is 2.26. The normalized spacial score (nSPS) is 9.25. The molecule has 0 aliphatic carbocycles. The van der Waals surface area contributed by atoms with E-state index in [4.69, 9.17) is 5.84 Å². The van der Waals surface area contributed by atoms with E-state index in [2.05, 4.69) is 24.6 Å². The smallest absolute Gasteiger partial charge is 0.0101 e. The quantitative estimate of drug-likeness (QED) is 0.228. The Morgan fingerprint density at radius 3 is 2.75 bits per heavy atom. The molecule has 0 aliphatic heterocycles. The molecule has 0 saturated carbocycles. The second-order valence-electron chi connectivity index (χ2n) is 1.62. The van der Waals surface area contributed by atoms with Gasteiger partial charge in [-0.1, -0.05) is 6.58 Å². The van der Waals surface area contributed by atoms with E-state index in [-0.39, 0.29) is 0 Å². The maximum absolute atomic E-state index is 5.01.